The topological polar surface area (TPSA) is 104 Å². The maximum atomic E-state index is 12.7. The third-order valence-corrected chi connectivity index (χ3v) is 5.27. The summed E-state index contributed by atoms with van der Waals surface area (Å²) in [5, 5.41) is 15.3. The fourth-order valence-corrected chi connectivity index (χ4v) is 3.43. The average molecular weight is 412 g/mol. The molecule has 2 aromatic carbocycles. The second kappa shape index (κ2) is 10.3. The van der Waals surface area contributed by atoms with Crippen molar-refractivity contribution in [3.8, 4) is 5.75 Å². The summed E-state index contributed by atoms with van der Waals surface area (Å²) < 4.78 is 0. The Morgan fingerprint density at radius 2 is 1.73 bits per heavy atom. The molecule has 2 atom stereocenters. The molecule has 5 N–H and O–H groups in total. The van der Waals surface area contributed by atoms with Crippen LogP contribution in [-0.4, -0.2) is 35.0 Å². The Morgan fingerprint density at radius 3 is 2.33 bits per heavy atom. The molecule has 6 heteroatoms. The lowest BCUT2D eigenvalue weighted by molar-refractivity contribution is -0.131. The molecule has 0 aromatic heterocycles. The summed E-state index contributed by atoms with van der Waals surface area (Å²) in [4.78, 5) is 25.0. The van der Waals surface area contributed by atoms with E-state index in [0.29, 0.717) is 13.0 Å². The molecule has 0 fully saturated rings. The quantitative estimate of drug-likeness (QED) is 0.476. The number of benzene rings is 2. The zero-order valence-corrected chi connectivity index (χ0v) is 18.3. The number of phenols is 1. The normalized spacial score (nSPS) is 13.9. The van der Waals surface area contributed by atoms with Crippen LogP contribution in [0.25, 0.3) is 0 Å². The number of hydrogen-bond acceptors (Lipinski definition) is 4. The molecule has 6 nitrogen and oxygen atoms in total. The molecule has 0 bridgehead atoms. The van der Waals surface area contributed by atoms with Crippen molar-refractivity contribution in [1.82, 2.24) is 10.6 Å². The lowest BCUT2D eigenvalue weighted by atomic mass is 9.88. The third-order valence-electron chi connectivity index (χ3n) is 5.27. The molecule has 2 aromatic rings. The number of carbonyl (C=O) groups is 2. The molecular formula is C24H33N3O3. The fourth-order valence-electron chi connectivity index (χ4n) is 3.43. The Kier molecular flexibility index (Phi) is 8.00. The number of rotatable bonds is 9. The summed E-state index contributed by atoms with van der Waals surface area (Å²) >= 11 is 0. The first-order valence-corrected chi connectivity index (χ1v) is 10.3. The van der Waals surface area contributed by atoms with Gasteiger partial charge in [-0.15, -0.1) is 0 Å². The SMILES string of the molecule is Cc1cc(O)cc(C)c1C[C@@](C)(N)C(=O)N[C@H](C)C(=O)NCCCc1ccccc1. The standard InChI is InChI=1S/C24H33N3O3/c1-16-13-20(28)14-17(2)21(16)15-24(4,25)23(30)27-18(3)22(29)26-12-8-11-19-9-6-5-7-10-19/h5-7,9-10,13-14,18,28H,8,11-12,15,25H2,1-4H3,(H,26,29)(H,27,30)/t18-,24-/m1/s1. The Hall–Kier alpha value is -2.86. The van der Waals surface area contributed by atoms with Crippen LogP contribution in [0.3, 0.4) is 0 Å². The Balaban J connectivity index is 1.85. The third kappa shape index (κ3) is 6.59. The number of hydrogen-bond donors (Lipinski definition) is 4. The second-order valence-electron chi connectivity index (χ2n) is 8.23. The molecule has 30 heavy (non-hydrogen) atoms. The smallest absolute Gasteiger partial charge is 0.242 e. The molecule has 0 radical (unpaired) electrons. The van der Waals surface area contributed by atoms with Crippen LogP contribution < -0.4 is 16.4 Å². The minimum Gasteiger partial charge on any atom is -0.508 e. The summed E-state index contributed by atoms with van der Waals surface area (Å²) in [6, 6.07) is 12.7. The Morgan fingerprint density at radius 1 is 1.13 bits per heavy atom. The van der Waals surface area contributed by atoms with Crippen molar-refractivity contribution in [3.05, 3.63) is 64.7 Å². The first kappa shape index (κ1) is 23.4. The lowest BCUT2D eigenvalue weighted by Crippen LogP contribution is -2.57. The maximum Gasteiger partial charge on any atom is 0.242 e. The van der Waals surface area contributed by atoms with Gasteiger partial charge in [0.1, 0.15) is 11.8 Å². The van der Waals surface area contributed by atoms with Crippen LogP contribution >= 0.6 is 0 Å². The van der Waals surface area contributed by atoms with Crippen LogP contribution in [-0.2, 0) is 22.4 Å². The van der Waals surface area contributed by atoms with E-state index < -0.39 is 11.6 Å². The zero-order valence-electron chi connectivity index (χ0n) is 18.3. The molecule has 0 aliphatic heterocycles. The second-order valence-corrected chi connectivity index (χ2v) is 8.23. The molecule has 0 unspecified atom stereocenters. The van der Waals surface area contributed by atoms with Gasteiger partial charge in [0.05, 0.1) is 5.54 Å². The molecule has 0 saturated carbocycles. The van der Waals surface area contributed by atoms with Crippen LogP contribution in [0.1, 0.15) is 42.5 Å². The lowest BCUT2D eigenvalue weighted by Gasteiger charge is -2.27. The highest BCUT2D eigenvalue weighted by Gasteiger charge is 2.32. The number of nitrogens with one attached hydrogen (secondary N) is 2. The number of amides is 2. The van der Waals surface area contributed by atoms with Crippen molar-refractivity contribution in [2.75, 3.05) is 6.54 Å². The van der Waals surface area contributed by atoms with E-state index in [-0.39, 0.29) is 17.6 Å². The number of carbonyl (C=O) groups excluding carboxylic acids is 2. The largest absolute Gasteiger partial charge is 0.508 e. The van der Waals surface area contributed by atoms with Gasteiger partial charge in [-0.1, -0.05) is 30.3 Å². The van der Waals surface area contributed by atoms with Gasteiger partial charge in [0.2, 0.25) is 11.8 Å². The molecule has 0 spiro atoms. The van der Waals surface area contributed by atoms with E-state index in [1.807, 2.05) is 32.0 Å². The number of phenolic OH excluding ortho intramolecular Hbond substituents is 1. The summed E-state index contributed by atoms with van der Waals surface area (Å²) in [5.41, 5.74) is 9.01. The first-order chi connectivity index (χ1) is 14.1. The minimum absolute atomic E-state index is 0.189. The molecule has 0 heterocycles. The van der Waals surface area contributed by atoms with Crippen LogP contribution in [0.2, 0.25) is 0 Å². The maximum absolute atomic E-state index is 12.7. The fraction of sp³-hybridized carbons (Fsp3) is 0.417. The molecule has 0 aliphatic rings. The van der Waals surface area contributed by atoms with Crippen molar-refractivity contribution in [1.29, 1.82) is 0 Å². The van der Waals surface area contributed by atoms with Gasteiger partial charge in [-0.3, -0.25) is 9.59 Å². The van der Waals surface area contributed by atoms with Crippen molar-refractivity contribution in [2.24, 2.45) is 5.73 Å². The molecule has 0 aliphatic carbocycles. The average Bonchev–Trinajstić information content (AvgIpc) is 2.68. The van der Waals surface area contributed by atoms with Crippen molar-refractivity contribution < 1.29 is 14.7 Å². The van der Waals surface area contributed by atoms with E-state index in [2.05, 4.69) is 22.8 Å². The van der Waals surface area contributed by atoms with Crippen LogP contribution in [0.5, 0.6) is 5.75 Å². The Labute approximate surface area is 178 Å². The van der Waals surface area contributed by atoms with E-state index >= 15 is 0 Å². The van der Waals surface area contributed by atoms with Gasteiger partial charge in [-0.2, -0.15) is 0 Å². The van der Waals surface area contributed by atoms with Gasteiger partial charge >= 0.3 is 0 Å². The predicted octanol–water partition coefficient (Wildman–Crippen LogP) is 2.52. The first-order valence-electron chi connectivity index (χ1n) is 10.3. The van der Waals surface area contributed by atoms with Gasteiger partial charge in [-0.05, 0) is 81.3 Å². The summed E-state index contributed by atoms with van der Waals surface area (Å²) in [7, 11) is 0. The zero-order chi connectivity index (χ0) is 22.3. The van der Waals surface area contributed by atoms with E-state index in [0.717, 1.165) is 29.5 Å². The van der Waals surface area contributed by atoms with Gasteiger partial charge in [0.15, 0.2) is 0 Å². The van der Waals surface area contributed by atoms with Crippen LogP contribution in [0.4, 0.5) is 0 Å². The highest BCUT2D eigenvalue weighted by Crippen LogP contribution is 2.24. The van der Waals surface area contributed by atoms with Crippen molar-refractivity contribution in [2.45, 2.75) is 58.5 Å². The predicted molar refractivity (Wildman–Crippen MR) is 119 cm³/mol. The molecule has 2 amide bonds. The van der Waals surface area contributed by atoms with E-state index in [1.54, 1.807) is 26.0 Å². The van der Waals surface area contributed by atoms with Crippen molar-refractivity contribution in [3.63, 3.8) is 0 Å². The summed E-state index contributed by atoms with van der Waals surface area (Å²) in [6.45, 7) is 7.60. The van der Waals surface area contributed by atoms with Crippen LogP contribution in [0.15, 0.2) is 42.5 Å². The Bertz CT molecular complexity index is 856. The molecule has 2 rings (SSSR count). The monoisotopic (exact) mass is 411 g/mol. The minimum atomic E-state index is -1.19. The summed E-state index contributed by atoms with van der Waals surface area (Å²) in [5.74, 6) is -0.431. The molecule has 162 valence electrons. The van der Waals surface area contributed by atoms with Crippen molar-refractivity contribution >= 4 is 11.8 Å². The van der Waals surface area contributed by atoms with Gasteiger partial charge in [-0.25, -0.2) is 0 Å². The van der Waals surface area contributed by atoms with Gasteiger partial charge < -0.3 is 21.5 Å². The van der Waals surface area contributed by atoms with E-state index in [9.17, 15) is 14.7 Å². The number of aryl methyl sites for hydroxylation is 3. The van der Waals surface area contributed by atoms with E-state index in [1.165, 1.54) is 5.56 Å². The number of aromatic hydroxyl groups is 1. The van der Waals surface area contributed by atoms with E-state index in [4.69, 9.17) is 5.73 Å². The summed E-state index contributed by atoms with van der Waals surface area (Å²) in [6.07, 6.45) is 2.01. The molecule has 0 saturated heterocycles. The highest BCUT2D eigenvalue weighted by molar-refractivity contribution is 5.91. The highest BCUT2D eigenvalue weighted by atomic mass is 16.3. The van der Waals surface area contributed by atoms with Gasteiger partial charge in [0.25, 0.3) is 0 Å². The molecular weight excluding hydrogens is 378 g/mol. The van der Waals surface area contributed by atoms with Gasteiger partial charge in [0, 0.05) is 6.54 Å². The van der Waals surface area contributed by atoms with Crippen LogP contribution in [0, 0.1) is 13.8 Å². The number of nitrogens with two attached hydrogens (primary N) is 1.